The Morgan fingerprint density at radius 1 is 0.767 bits per heavy atom. The zero-order valence-electron chi connectivity index (χ0n) is 17.7. The van der Waals surface area contributed by atoms with Crippen LogP contribution >= 0.6 is 0 Å². The van der Waals surface area contributed by atoms with Crippen LogP contribution in [0.25, 0.3) is 22.5 Å². The van der Waals surface area contributed by atoms with Crippen molar-refractivity contribution in [3.8, 4) is 22.5 Å². The monoisotopic (exact) mass is 404 g/mol. The molecule has 1 aromatic heterocycles. The number of ether oxygens (including phenoxy) is 1. The van der Waals surface area contributed by atoms with Crippen molar-refractivity contribution in [1.82, 2.24) is 9.97 Å². The van der Waals surface area contributed by atoms with Gasteiger partial charge in [0.25, 0.3) is 0 Å². The van der Waals surface area contributed by atoms with E-state index >= 15 is 0 Å². The Balaban J connectivity index is 2.28. The third kappa shape index (κ3) is 4.71. The van der Waals surface area contributed by atoms with Crippen LogP contribution in [0.5, 0.6) is 0 Å². The Kier molecular flexibility index (Phi) is 5.69. The summed E-state index contributed by atoms with van der Waals surface area (Å²) in [6.45, 7) is 9.06. The van der Waals surface area contributed by atoms with Gasteiger partial charge in [0, 0.05) is 11.1 Å². The van der Waals surface area contributed by atoms with Crippen LogP contribution in [0.1, 0.15) is 52.9 Å². The lowest BCUT2D eigenvalue weighted by Crippen LogP contribution is -2.26. The molecule has 0 aliphatic heterocycles. The predicted octanol–water partition coefficient (Wildman–Crippen LogP) is 5.08. The summed E-state index contributed by atoms with van der Waals surface area (Å²) in [5.74, 6) is -2.16. The highest BCUT2D eigenvalue weighted by molar-refractivity contribution is 6.01. The predicted molar refractivity (Wildman–Crippen MR) is 115 cm³/mol. The number of carbonyl (C=O) groups is 2. The molecular weight excluding hydrogens is 380 g/mol. The van der Waals surface area contributed by atoms with Crippen LogP contribution < -0.4 is 0 Å². The second kappa shape index (κ2) is 8.06. The summed E-state index contributed by atoms with van der Waals surface area (Å²) in [5, 5.41) is 9.72. The molecule has 1 heterocycles. The molecule has 3 aromatic rings. The second-order valence-corrected chi connectivity index (χ2v) is 8.16. The molecule has 1 N–H and O–H groups in total. The van der Waals surface area contributed by atoms with Gasteiger partial charge in [-0.15, -0.1) is 0 Å². The number of carboxylic acids is 1. The average molecular weight is 404 g/mol. The van der Waals surface area contributed by atoms with Crippen LogP contribution in [0, 0.1) is 13.8 Å². The first-order valence-corrected chi connectivity index (χ1v) is 9.58. The molecule has 0 saturated carbocycles. The van der Waals surface area contributed by atoms with Crippen molar-refractivity contribution in [3.05, 3.63) is 71.0 Å². The molecule has 0 spiro atoms. The number of aromatic nitrogens is 2. The fourth-order valence-electron chi connectivity index (χ4n) is 2.88. The van der Waals surface area contributed by atoms with Crippen molar-refractivity contribution >= 4 is 11.9 Å². The zero-order chi connectivity index (χ0) is 22.1. The Hall–Kier alpha value is -3.54. The van der Waals surface area contributed by atoms with Crippen molar-refractivity contribution in [2.45, 2.75) is 40.2 Å². The van der Waals surface area contributed by atoms with Crippen LogP contribution in [0.2, 0.25) is 0 Å². The molecule has 30 heavy (non-hydrogen) atoms. The number of hydrogen-bond donors (Lipinski definition) is 1. The SMILES string of the molecule is Cc1ccc(-c2nc(C(=O)O)c(C(=O)OC(C)(C)C)nc2-c2ccc(C)cc2)cc1. The number of rotatable bonds is 4. The van der Waals surface area contributed by atoms with E-state index in [1.165, 1.54) is 0 Å². The molecule has 2 aromatic carbocycles. The van der Waals surface area contributed by atoms with Gasteiger partial charge in [0.2, 0.25) is 0 Å². The van der Waals surface area contributed by atoms with Gasteiger partial charge in [-0.3, -0.25) is 0 Å². The molecule has 0 radical (unpaired) electrons. The van der Waals surface area contributed by atoms with Gasteiger partial charge in [-0.25, -0.2) is 19.6 Å². The fourth-order valence-corrected chi connectivity index (χ4v) is 2.88. The topological polar surface area (TPSA) is 89.4 Å². The molecule has 154 valence electrons. The molecule has 0 aliphatic rings. The van der Waals surface area contributed by atoms with Crippen molar-refractivity contribution in [2.24, 2.45) is 0 Å². The van der Waals surface area contributed by atoms with E-state index in [0.717, 1.165) is 16.7 Å². The summed E-state index contributed by atoms with van der Waals surface area (Å²) in [7, 11) is 0. The van der Waals surface area contributed by atoms with Gasteiger partial charge < -0.3 is 9.84 Å². The minimum atomic E-state index is -1.34. The van der Waals surface area contributed by atoms with Gasteiger partial charge in [-0.05, 0) is 34.6 Å². The number of hydrogen-bond acceptors (Lipinski definition) is 5. The Labute approximate surface area is 175 Å². The smallest absolute Gasteiger partial charge is 0.360 e. The van der Waals surface area contributed by atoms with Crippen molar-refractivity contribution in [2.75, 3.05) is 0 Å². The van der Waals surface area contributed by atoms with Crippen LogP contribution in [-0.4, -0.2) is 32.6 Å². The van der Waals surface area contributed by atoms with E-state index in [-0.39, 0.29) is 5.69 Å². The van der Waals surface area contributed by atoms with Crippen molar-refractivity contribution < 1.29 is 19.4 Å². The molecule has 3 rings (SSSR count). The molecule has 6 nitrogen and oxygen atoms in total. The molecule has 0 amide bonds. The largest absolute Gasteiger partial charge is 0.476 e. The number of aromatic carboxylic acids is 1. The Morgan fingerprint density at radius 2 is 1.17 bits per heavy atom. The molecule has 0 aliphatic carbocycles. The van der Waals surface area contributed by atoms with Crippen LogP contribution in [0.15, 0.2) is 48.5 Å². The summed E-state index contributed by atoms with van der Waals surface area (Å²) in [5.41, 5.74) is 2.83. The molecule has 0 saturated heterocycles. The van der Waals surface area contributed by atoms with Gasteiger partial charge in [0.1, 0.15) is 5.60 Å². The van der Waals surface area contributed by atoms with E-state index < -0.39 is 23.2 Å². The van der Waals surface area contributed by atoms with Crippen molar-refractivity contribution in [1.29, 1.82) is 0 Å². The minimum Gasteiger partial charge on any atom is -0.476 e. The van der Waals surface area contributed by atoms with Gasteiger partial charge >= 0.3 is 11.9 Å². The quantitative estimate of drug-likeness (QED) is 0.610. The number of nitrogens with zero attached hydrogens (tertiary/aromatic N) is 2. The first kappa shape index (κ1) is 21.2. The number of aryl methyl sites for hydroxylation is 2. The third-order valence-electron chi connectivity index (χ3n) is 4.34. The molecule has 0 bridgehead atoms. The van der Waals surface area contributed by atoms with Gasteiger partial charge in [-0.1, -0.05) is 59.7 Å². The summed E-state index contributed by atoms with van der Waals surface area (Å²) in [6, 6.07) is 15.1. The maximum Gasteiger partial charge on any atom is 0.360 e. The summed E-state index contributed by atoms with van der Waals surface area (Å²) >= 11 is 0. The highest BCUT2D eigenvalue weighted by atomic mass is 16.6. The molecule has 0 fully saturated rings. The zero-order valence-corrected chi connectivity index (χ0v) is 17.7. The number of benzene rings is 2. The molecule has 0 unspecified atom stereocenters. The maximum absolute atomic E-state index is 12.7. The highest BCUT2D eigenvalue weighted by Crippen LogP contribution is 2.31. The Morgan fingerprint density at radius 3 is 1.53 bits per heavy atom. The molecular formula is C24H24N2O4. The maximum atomic E-state index is 12.7. The first-order chi connectivity index (χ1) is 14.0. The normalized spacial score (nSPS) is 11.2. The second-order valence-electron chi connectivity index (χ2n) is 8.16. The number of carboxylic acid groups (broad SMARTS) is 1. The standard InChI is InChI=1S/C24H24N2O4/c1-14-6-10-16(11-7-14)18-19(17-12-8-15(2)9-13-17)26-21(20(25-18)22(27)28)23(29)30-24(3,4)5/h6-13H,1-5H3,(H,27,28). The van der Waals surface area contributed by atoms with Crippen molar-refractivity contribution in [3.63, 3.8) is 0 Å². The van der Waals surface area contributed by atoms with E-state index in [9.17, 15) is 14.7 Å². The summed E-state index contributed by atoms with van der Waals surface area (Å²) in [4.78, 5) is 33.5. The van der Waals surface area contributed by atoms with Crippen LogP contribution in [0.3, 0.4) is 0 Å². The number of esters is 1. The van der Waals surface area contributed by atoms with Gasteiger partial charge in [0.05, 0.1) is 11.4 Å². The molecule has 0 atom stereocenters. The lowest BCUT2D eigenvalue weighted by atomic mass is 10.0. The summed E-state index contributed by atoms with van der Waals surface area (Å²) in [6.07, 6.45) is 0. The van der Waals surface area contributed by atoms with Gasteiger partial charge in [-0.2, -0.15) is 0 Å². The summed E-state index contributed by atoms with van der Waals surface area (Å²) < 4.78 is 5.38. The van der Waals surface area contributed by atoms with E-state index in [2.05, 4.69) is 9.97 Å². The van der Waals surface area contributed by atoms with E-state index in [1.54, 1.807) is 20.8 Å². The van der Waals surface area contributed by atoms with E-state index in [4.69, 9.17) is 4.74 Å². The van der Waals surface area contributed by atoms with E-state index in [0.29, 0.717) is 17.0 Å². The van der Waals surface area contributed by atoms with Gasteiger partial charge in [0.15, 0.2) is 11.4 Å². The minimum absolute atomic E-state index is 0.316. The third-order valence-corrected chi connectivity index (χ3v) is 4.34. The Bertz CT molecular complexity index is 1100. The first-order valence-electron chi connectivity index (χ1n) is 9.58. The van der Waals surface area contributed by atoms with E-state index in [1.807, 2.05) is 62.4 Å². The highest BCUT2D eigenvalue weighted by Gasteiger charge is 2.28. The lowest BCUT2D eigenvalue weighted by Gasteiger charge is -2.20. The average Bonchev–Trinajstić information content (AvgIpc) is 2.67. The fraction of sp³-hybridized carbons (Fsp3) is 0.250. The van der Waals surface area contributed by atoms with Crippen LogP contribution in [0.4, 0.5) is 0 Å². The molecule has 6 heteroatoms. The lowest BCUT2D eigenvalue weighted by molar-refractivity contribution is 0.00583. The number of carbonyl (C=O) groups excluding carboxylic acids is 1. The van der Waals surface area contributed by atoms with Crippen LogP contribution in [-0.2, 0) is 4.74 Å².